The third-order valence-electron chi connectivity index (χ3n) is 4.89. The molecule has 3 N–H and O–H groups in total. The maximum absolute atomic E-state index is 12.7. The highest BCUT2D eigenvalue weighted by Crippen LogP contribution is 2.26. The van der Waals surface area contributed by atoms with Gasteiger partial charge in [-0.3, -0.25) is 9.59 Å². The first-order valence-electron chi connectivity index (χ1n) is 10.4. The van der Waals surface area contributed by atoms with Crippen molar-refractivity contribution in [2.45, 2.75) is 26.4 Å². The lowest BCUT2D eigenvalue weighted by Crippen LogP contribution is -2.30. The molecule has 0 fully saturated rings. The van der Waals surface area contributed by atoms with Gasteiger partial charge in [0.1, 0.15) is 0 Å². The van der Waals surface area contributed by atoms with E-state index in [1.807, 2.05) is 39.2 Å². The van der Waals surface area contributed by atoms with E-state index in [0.717, 1.165) is 23.2 Å². The maximum Gasteiger partial charge on any atom is 0.322 e. The Morgan fingerprint density at radius 3 is 2.29 bits per heavy atom. The van der Waals surface area contributed by atoms with Gasteiger partial charge in [0.15, 0.2) is 0 Å². The third kappa shape index (κ3) is 6.05. The largest absolute Gasteiger partial charge is 0.352 e. The molecule has 0 saturated heterocycles. The number of nitrogens with zero attached hydrogens (tertiary/aromatic N) is 2. The molecule has 4 amide bonds. The topological polar surface area (TPSA) is 93.8 Å². The molecule has 3 rings (SSSR count). The van der Waals surface area contributed by atoms with Crippen LogP contribution in [0.25, 0.3) is 0 Å². The minimum Gasteiger partial charge on any atom is -0.352 e. The van der Waals surface area contributed by atoms with Crippen LogP contribution in [0, 0.1) is 0 Å². The standard InChI is InChI=1S/C23H29N5O3/c1-4-11-24-22(30)16-5-8-19(9-6-16)26-23(31)28-13-17-7-10-20(12-18(17)14-28)25-21(29)15-27(2)3/h5-10,12H,4,11,13-15H2,1-3H3,(H,24,30)(H,25,29)(H,26,31). The van der Waals surface area contributed by atoms with Crippen LogP contribution in [0.2, 0.25) is 0 Å². The number of likely N-dealkylation sites (N-methyl/N-ethyl adjacent to an activating group) is 1. The summed E-state index contributed by atoms with van der Waals surface area (Å²) in [5.41, 5.74) is 3.99. The predicted molar refractivity (Wildman–Crippen MR) is 121 cm³/mol. The van der Waals surface area contributed by atoms with Crippen molar-refractivity contribution in [2.75, 3.05) is 37.8 Å². The number of anilines is 2. The van der Waals surface area contributed by atoms with Crippen LogP contribution >= 0.6 is 0 Å². The van der Waals surface area contributed by atoms with Crippen molar-refractivity contribution in [3.63, 3.8) is 0 Å². The molecule has 164 valence electrons. The van der Waals surface area contributed by atoms with E-state index in [9.17, 15) is 14.4 Å². The Labute approximate surface area is 182 Å². The van der Waals surface area contributed by atoms with Crippen LogP contribution in [0.15, 0.2) is 42.5 Å². The monoisotopic (exact) mass is 423 g/mol. The number of amides is 4. The fraction of sp³-hybridized carbons (Fsp3) is 0.348. The molecule has 1 aliphatic heterocycles. The van der Waals surface area contributed by atoms with Crippen LogP contribution in [-0.4, -0.2) is 54.8 Å². The average molecular weight is 424 g/mol. The van der Waals surface area contributed by atoms with Crippen LogP contribution in [0.5, 0.6) is 0 Å². The molecule has 0 radical (unpaired) electrons. The minimum absolute atomic E-state index is 0.0793. The van der Waals surface area contributed by atoms with Crippen LogP contribution in [0.4, 0.5) is 16.2 Å². The van der Waals surface area contributed by atoms with Gasteiger partial charge in [-0.2, -0.15) is 0 Å². The van der Waals surface area contributed by atoms with Gasteiger partial charge < -0.3 is 25.8 Å². The van der Waals surface area contributed by atoms with Gasteiger partial charge in [-0.05, 0) is 68.0 Å². The Morgan fingerprint density at radius 2 is 1.61 bits per heavy atom. The number of urea groups is 1. The fourth-order valence-electron chi connectivity index (χ4n) is 3.35. The molecule has 2 aromatic carbocycles. The van der Waals surface area contributed by atoms with Gasteiger partial charge in [0.2, 0.25) is 5.91 Å². The van der Waals surface area contributed by atoms with Crippen molar-refractivity contribution in [3.05, 3.63) is 59.2 Å². The Kier molecular flexibility index (Phi) is 7.25. The Morgan fingerprint density at radius 1 is 0.935 bits per heavy atom. The molecule has 0 spiro atoms. The van der Waals surface area contributed by atoms with E-state index in [4.69, 9.17) is 0 Å². The highest BCUT2D eigenvalue weighted by atomic mass is 16.2. The van der Waals surface area contributed by atoms with Crippen LogP contribution in [0.1, 0.15) is 34.8 Å². The van der Waals surface area contributed by atoms with E-state index in [2.05, 4.69) is 16.0 Å². The van der Waals surface area contributed by atoms with Gasteiger partial charge in [-0.25, -0.2) is 4.79 Å². The van der Waals surface area contributed by atoms with Gasteiger partial charge >= 0.3 is 6.03 Å². The van der Waals surface area contributed by atoms with Crippen molar-refractivity contribution in [3.8, 4) is 0 Å². The number of hydrogen-bond acceptors (Lipinski definition) is 4. The van der Waals surface area contributed by atoms with Crippen molar-refractivity contribution in [2.24, 2.45) is 0 Å². The first-order chi connectivity index (χ1) is 14.9. The molecule has 0 bridgehead atoms. The highest BCUT2D eigenvalue weighted by molar-refractivity contribution is 5.95. The SMILES string of the molecule is CCCNC(=O)c1ccc(NC(=O)N2Cc3ccc(NC(=O)CN(C)C)cc3C2)cc1. The molecule has 0 unspecified atom stereocenters. The predicted octanol–water partition coefficient (Wildman–Crippen LogP) is 2.87. The normalized spacial score (nSPS) is 12.5. The summed E-state index contributed by atoms with van der Waals surface area (Å²) in [5, 5.41) is 8.58. The van der Waals surface area contributed by atoms with Crippen molar-refractivity contribution >= 4 is 29.2 Å². The van der Waals surface area contributed by atoms with E-state index >= 15 is 0 Å². The highest BCUT2D eigenvalue weighted by Gasteiger charge is 2.24. The Balaban J connectivity index is 1.56. The van der Waals surface area contributed by atoms with Crippen LogP contribution in [0.3, 0.4) is 0 Å². The molecule has 1 heterocycles. The maximum atomic E-state index is 12.7. The summed E-state index contributed by atoms with van der Waals surface area (Å²) in [6, 6.07) is 12.3. The van der Waals surface area contributed by atoms with Crippen molar-refractivity contribution in [1.82, 2.24) is 15.1 Å². The second-order valence-electron chi connectivity index (χ2n) is 7.89. The van der Waals surface area contributed by atoms with Gasteiger partial charge in [0.25, 0.3) is 5.91 Å². The number of nitrogens with one attached hydrogen (secondary N) is 3. The first kappa shape index (κ1) is 22.3. The lowest BCUT2D eigenvalue weighted by atomic mass is 10.1. The zero-order chi connectivity index (χ0) is 22.4. The van der Waals surface area contributed by atoms with E-state index in [-0.39, 0.29) is 17.8 Å². The molecular weight excluding hydrogens is 394 g/mol. The smallest absolute Gasteiger partial charge is 0.322 e. The van der Waals surface area contributed by atoms with Crippen molar-refractivity contribution in [1.29, 1.82) is 0 Å². The van der Waals surface area contributed by atoms with Gasteiger partial charge in [-0.15, -0.1) is 0 Å². The summed E-state index contributed by atoms with van der Waals surface area (Å²) < 4.78 is 0. The number of carbonyl (C=O) groups excluding carboxylic acids is 3. The summed E-state index contributed by atoms with van der Waals surface area (Å²) >= 11 is 0. The Hall–Kier alpha value is -3.39. The van der Waals surface area contributed by atoms with Crippen LogP contribution < -0.4 is 16.0 Å². The van der Waals surface area contributed by atoms with Crippen molar-refractivity contribution < 1.29 is 14.4 Å². The summed E-state index contributed by atoms with van der Waals surface area (Å²) in [6.45, 7) is 3.91. The first-order valence-corrected chi connectivity index (χ1v) is 10.4. The fourth-order valence-corrected chi connectivity index (χ4v) is 3.35. The summed E-state index contributed by atoms with van der Waals surface area (Å²) in [5.74, 6) is -0.201. The van der Waals surface area contributed by atoms with E-state index in [1.165, 1.54) is 0 Å². The molecule has 8 heteroatoms. The number of hydrogen-bond donors (Lipinski definition) is 3. The number of benzene rings is 2. The van der Waals surface area contributed by atoms with E-state index in [1.54, 1.807) is 34.1 Å². The molecule has 1 aliphatic rings. The third-order valence-corrected chi connectivity index (χ3v) is 4.89. The van der Waals surface area contributed by atoms with Gasteiger partial charge in [-0.1, -0.05) is 13.0 Å². The van der Waals surface area contributed by atoms with E-state index in [0.29, 0.717) is 37.4 Å². The quantitative estimate of drug-likeness (QED) is 0.638. The lowest BCUT2D eigenvalue weighted by molar-refractivity contribution is -0.116. The number of fused-ring (bicyclic) bond motifs is 1. The number of carbonyl (C=O) groups is 3. The lowest BCUT2D eigenvalue weighted by Gasteiger charge is -2.16. The zero-order valence-corrected chi connectivity index (χ0v) is 18.2. The second kappa shape index (κ2) is 10.1. The summed E-state index contributed by atoms with van der Waals surface area (Å²) in [7, 11) is 3.68. The summed E-state index contributed by atoms with van der Waals surface area (Å²) in [4.78, 5) is 40.1. The molecular formula is C23H29N5O3. The molecule has 2 aromatic rings. The molecule has 0 atom stereocenters. The van der Waals surface area contributed by atoms with Crippen LogP contribution in [-0.2, 0) is 17.9 Å². The van der Waals surface area contributed by atoms with Gasteiger partial charge in [0.05, 0.1) is 6.54 Å². The average Bonchev–Trinajstić information content (AvgIpc) is 3.15. The van der Waals surface area contributed by atoms with Gasteiger partial charge in [0, 0.05) is 36.6 Å². The molecule has 0 saturated carbocycles. The molecule has 0 aromatic heterocycles. The minimum atomic E-state index is -0.211. The zero-order valence-electron chi connectivity index (χ0n) is 18.2. The van der Waals surface area contributed by atoms with E-state index < -0.39 is 0 Å². The second-order valence-corrected chi connectivity index (χ2v) is 7.89. The number of rotatable bonds is 7. The molecule has 8 nitrogen and oxygen atoms in total. The summed E-state index contributed by atoms with van der Waals surface area (Å²) in [6.07, 6.45) is 0.877. The Bertz CT molecular complexity index is 956. The molecule has 0 aliphatic carbocycles. The molecule has 31 heavy (non-hydrogen) atoms.